The molecule has 1 aromatic carbocycles. The highest BCUT2D eigenvalue weighted by Crippen LogP contribution is 2.19. The van der Waals surface area contributed by atoms with Gasteiger partial charge >= 0.3 is 17.9 Å². The summed E-state index contributed by atoms with van der Waals surface area (Å²) in [4.78, 5) is 74.0. The number of rotatable bonds is 15. The predicted molar refractivity (Wildman–Crippen MR) is 128 cm³/mol. The van der Waals surface area contributed by atoms with Crippen LogP contribution in [-0.4, -0.2) is 80.6 Å². The molecule has 0 aliphatic rings. The van der Waals surface area contributed by atoms with Crippen LogP contribution >= 0.6 is 0 Å². The second kappa shape index (κ2) is 13.6. The van der Waals surface area contributed by atoms with Crippen LogP contribution in [0.25, 0.3) is 10.9 Å². The van der Waals surface area contributed by atoms with Gasteiger partial charge in [0.05, 0.1) is 6.04 Å². The van der Waals surface area contributed by atoms with Crippen molar-refractivity contribution in [3.8, 4) is 0 Å². The van der Waals surface area contributed by atoms with E-state index in [1.807, 2.05) is 6.07 Å². The number of carboxylic acid groups (broad SMARTS) is 3. The Bertz CT molecular complexity index is 1160. The van der Waals surface area contributed by atoms with Crippen molar-refractivity contribution < 1.29 is 44.1 Å². The van der Waals surface area contributed by atoms with Gasteiger partial charge in [-0.2, -0.15) is 0 Å². The van der Waals surface area contributed by atoms with Gasteiger partial charge in [0, 0.05) is 36.4 Å². The summed E-state index contributed by atoms with van der Waals surface area (Å²) in [5.41, 5.74) is 7.10. The number of carbonyl (C=O) groups excluding carboxylic acids is 3. The van der Waals surface area contributed by atoms with Gasteiger partial charge < -0.3 is 42.0 Å². The summed E-state index contributed by atoms with van der Waals surface area (Å²) in [6.45, 7) is -0.698. The lowest BCUT2D eigenvalue weighted by Gasteiger charge is -2.24. The highest BCUT2D eigenvalue weighted by atomic mass is 16.4. The highest BCUT2D eigenvalue weighted by molar-refractivity contribution is 5.94. The van der Waals surface area contributed by atoms with Crippen LogP contribution in [0.4, 0.5) is 0 Å². The molecule has 0 radical (unpaired) electrons. The molecular weight excluding hydrogens is 490 g/mol. The van der Waals surface area contributed by atoms with Crippen LogP contribution in [0.2, 0.25) is 0 Å². The number of nitrogens with one attached hydrogen (secondary N) is 4. The van der Waals surface area contributed by atoms with Crippen molar-refractivity contribution in [2.45, 2.75) is 50.2 Å². The maximum absolute atomic E-state index is 13.1. The highest BCUT2D eigenvalue weighted by Gasteiger charge is 2.29. The van der Waals surface area contributed by atoms with E-state index in [0.717, 1.165) is 10.9 Å². The largest absolute Gasteiger partial charge is 0.481 e. The van der Waals surface area contributed by atoms with Crippen LogP contribution in [0.1, 0.15) is 31.2 Å². The molecule has 3 atom stereocenters. The van der Waals surface area contributed by atoms with E-state index >= 15 is 0 Å². The van der Waals surface area contributed by atoms with Gasteiger partial charge in [-0.25, -0.2) is 0 Å². The molecule has 37 heavy (non-hydrogen) atoms. The van der Waals surface area contributed by atoms with Crippen LogP contribution < -0.4 is 21.7 Å². The van der Waals surface area contributed by atoms with E-state index in [-0.39, 0.29) is 19.3 Å². The number of amides is 3. The first kappa shape index (κ1) is 28.8. The van der Waals surface area contributed by atoms with Gasteiger partial charge in [0.15, 0.2) is 0 Å². The van der Waals surface area contributed by atoms with Gasteiger partial charge in [0.25, 0.3) is 0 Å². The molecule has 3 unspecified atom stereocenters. The van der Waals surface area contributed by atoms with Gasteiger partial charge in [0.2, 0.25) is 17.7 Å². The summed E-state index contributed by atoms with van der Waals surface area (Å²) in [5.74, 6) is -6.27. The van der Waals surface area contributed by atoms with E-state index in [9.17, 15) is 28.8 Å². The zero-order chi connectivity index (χ0) is 27.5. The summed E-state index contributed by atoms with van der Waals surface area (Å²) in [5, 5.41) is 34.5. The maximum Gasteiger partial charge on any atom is 0.322 e. The van der Waals surface area contributed by atoms with E-state index in [4.69, 9.17) is 21.1 Å². The Balaban J connectivity index is 2.22. The number of aromatic amines is 1. The van der Waals surface area contributed by atoms with Gasteiger partial charge in [-0.15, -0.1) is 0 Å². The van der Waals surface area contributed by atoms with Gasteiger partial charge in [0.1, 0.15) is 18.6 Å². The lowest BCUT2D eigenvalue weighted by molar-refractivity contribution is -0.139. The quantitative estimate of drug-likeness (QED) is 0.142. The Kier molecular flexibility index (Phi) is 10.6. The summed E-state index contributed by atoms with van der Waals surface area (Å²) in [6.07, 6.45) is 0.154. The molecule has 1 heterocycles. The van der Waals surface area contributed by atoms with Crippen molar-refractivity contribution in [1.82, 2.24) is 20.9 Å². The van der Waals surface area contributed by atoms with Crippen molar-refractivity contribution in [2.75, 3.05) is 6.54 Å². The van der Waals surface area contributed by atoms with E-state index in [1.165, 1.54) is 0 Å². The number of hydrogen-bond donors (Lipinski definition) is 8. The molecule has 200 valence electrons. The fourth-order valence-corrected chi connectivity index (χ4v) is 3.51. The Morgan fingerprint density at radius 2 is 1.43 bits per heavy atom. The number of H-pyrrole nitrogens is 1. The van der Waals surface area contributed by atoms with Gasteiger partial charge in [-0.05, 0) is 24.5 Å². The standard InChI is InChI=1S/C23H29N5O9/c24-14(5-7-18(29)30)21(35)27-16(6-8-19(31)32)23(37)28-17(22(36)26-11-20(33)34)9-12-10-25-15-4-2-1-3-13(12)15/h1-4,10,14,16-17,25H,5-9,11,24H2,(H,26,36)(H,27,35)(H,28,37)(H,29,30)(H,31,32)(H,33,34). The van der Waals surface area contributed by atoms with Crippen molar-refractivity contribution in [1.29, 1.82) is 0 Å². The first-order chi connectivity index (χ1) is 17.5. The average Bonchev–Trinajstić information content (AvgIpc) is 3.25. The number of para-hydroxylation sites is 1. The van der Waals surface area contributed by atoms with E-state index < -0.39 is 73.1 Å². The van der Waals surface area contributed by atoms with Crippen LogP contribution in [0.3, 0.4) is 0 Å². The molecule has 0 bridgehead atoms. The second-order valence-electron chi connectivity index (χ2n) is 8.27. The van der Waals surface area contributed by atoms with Crippen LogP contribution in [0.5, 0.6) is 0 Å². The number of carbonyl (C=O) groups is 6. The minimum atomic E-state index is -1.41. The Labute approximate surface area is 210 Å². The van der Waals surface area contributed by atoms with Crippen LogP contribution in [0, 0.1) is 0 Å². The number of benzene rings is 1. The zero-order valence-corrected chi connectivity index (χ0v) is 19.7. The number of aliphatic carboxylic acids is 3. The normalized spacial score (nSPS) is 13.2. The smallest absolute Gasteiger partial charge is 0.322 e. The molecule has 0 fully saturated rings. The minimum Gasteiger partial charge on any atom is -0.481 e. The molecule has 2 rings (SSSR count). The number of fused-ring (bicyclic) bond motifs is 1. The Morgan fingerprint density at radius 1 is 0.811 bits per heavy atom. The summed E-state index contributed by atoms with van der Waals surface area (Å²) in [6, 6.07) is 3.25. The molecule has 0 saturated carbocycles. The number of aromatic nitrogens is 1. The molecule has 0 aliphatic carbocycles. The summed E-state index contributed by atoms with van der Waals surface area (Å²) >= 11 is 0. The van der Waals surface area contributed by atoms with Crippen molar-refractivity contribution in [2.24, 2.45) is 5.73 Å². The average molecular weight is 520 g/mol. The predicted octanol–water partition coefficient (Wildman–Crippen LogP) is -1.06. The first-order valence-corrected chi connectivity index (χ1v) is 11.3. The zero-order valence-electron chi connectivity index (χ0n) is 19.7. The lowest BCUT2D eigenvalue weighted by Crippen LogP contribution is -2.56. The number of hydrogen-bond acceptors (Lipinski definition) is 7. The minimum absolute atomic E-state index is 0.0427. The van der Waals surface area contributed by atoms with Crippen LogP contribution in [0.15, 0.2) is 30.5 Å². The van der Waals surface area contributed by atoms with E-state index in [0.29, 0.717) is 5.56 Å². The number of carboxylic acids is 3. The molecule has 3 amide bonds. The molecular formula is C23H29N5O9. The molecule has 14 nitrogen and oxygen atoms in total. The fourth-order valence-electron chi connectivity index (χ4n) is 3.51. The van der Waals surface area contributed by atoms with Gasteiger partial charge in [-0.1, -0.05) is 18.2 Å². The maximum atomic E-state index is 13.1. The second-order valence-corrected chi connectivity index (χ2v) is 8.27. The van der Waals surface area contributed by atoms with Crippen molar-refractivity contribution >= 4 is 46.5 Å². The van der Waals surface area contributed by atoms with E-state index in [2.05, 4.69) is 20.9 Å². The van der Waals surface area contributed by atoms with Crippen molar-refractivity contribution in [3.05, 3.63) is 36.0 Å². The third kappa shape index (κ3) is 9.25. The third-order valence-corrected chi connectivity index (χ3v) is 5.43. The number of nitrogens with two attached hydrogens (primary N) is 1. The Morgan fingerprint density at radius 3 is 2.08 bits per heavy atom. The third-order valence-electron chi connectivity index (χ3n) is 5.43. The van der Waals surface area contributed by atoms with Crippen molar-refractivity contribution in [3.63, 3.8) is 0 Å². The lowest BCUT2D eigenvalue weighted by atomic mass is 10.0. The molecule has 0 spiro atoms. The topological polar surface area (TPSA) is 241 Å². The van der Waals surface area contributed by atoms with Gasteiger partial charge in [-0.3, -0.25) is 28.8 Å². The Hall–Kier alpha value is -4.46. The molecule has 0 saturated heterocycles. The fraction of sp³-hybridized carbons (Fsp3) is 0.391. The first-order valence-electron chi connectivity index (χ1n) is 11.3. The monoisotopic (exact) mass is 519 g/mol. The molecule has 0 aliphatic heterocycles. The molecule has 2 aromatic rings. The van der Waals surface area contributed by atoms with E-state index in [1.54, 1.807) is 24.4 Å². The summed E-state index contributed by atoms with van der Waals surface area (Å²) in [7, 11) is 0. The molecule has 9 N–H and O–H groups in total. The molecule has 14 heteroatoms. The van der Waals surface area contributed by atoms with Crippen LogP contribution in [-0.2, 0) is 35.2 Å². The summed E-state index contributed by atoms with van der Waals surface area (Å²) < 4.78 is 0. The molecule has 1 aromatic heterocycles. The SMILES string of the molecule is NC(CCC(=O)O)C(=O)NC(CCC(=O)O)C(=O)NC(Cc1c[nH]c2ccccc12)C(=O)NCC(=O)O.